The Morgan fingerprint density at radius 1 is 1.12 bits per heavy atom. The number of benzene rings is 2. The van der Waals surface area contributed by atoms with E-state index in [1.807, 2.05) is 74.6 Å². The molecule has 1 atom stereocenters. The molecule has 0 unspecified atom stereocenters. The minimum atomic E-state index is -0.256. The Labute approximate surface area is 151 Å². The number of hydrogen-bond donors (Lipinski definition) is 1. The molecule has 0 spiro atoms. The number of nitrogens with one attached hydrogen (secondary N) is 1. The van der Waals surface area contributed by atoms with Gasteiger partial charge in [0.05, 0.1) is 5.25 Å². The van der Waals surface area contributed by atoms with Crippen LogP contribution in [-0.2, 0) is 11.3 Å². The van der Waals surface area contributed by atoms with E-state index in [9.17, 15) is 4.79 Å². The summed E-state index contributed by atoms with van der Waals surface area (Å²) in [6.07, 6.45) is 0. The van der Waals surface area contributed by atoms with E-state index in [0.717, 1.165) is 11.1 Å². The highest BCUT2D eigenvalue weighted by Crippen LogP contribution is 2.23. The summed E-state index contributed by atoms with van der Waals surface area (Å²) in [5.41, 5.74) is 2.09. The van der Waals surface area contributed by atoms with Crippen molar-refractivity contribution in [3.8, 4) is 11.4 Å². The molecular formula is C19H20N4OS. The minimum Gasteiger partial charge on any atom is -0.340 e. The first-order valence-electron chi connectivity index (χ1n) is 8.07. The highest BCUT2D eigenvalue weighted by Gasteiger charge is 2.21. The lowest BCUT2D eigenvalue weighted by Gasteiger charge is -2.20. The van der Waals surface area contributed by atoms with Crippen molar-refractivity contribution in [1.82, 2.24) is 20.1 Å². The molecule has 0 fully saturated rings. The molecule has 0 aliphatic rings. The van der Waals surface area contributed by atoms with Gasteiger partial charge in [-0.25, -0.2) is 4.98 Å². The van der Waals surface area contributed by atoms with Crippen molar-refractivity contribution in [2.75, 3.05) is 7.05 Å². The maximum atomic E-state index is 12.6. The van der Waals surface area contributed by atoms with Crippen LogP contribution >= 0.6 is 11.8 Å². The van der Waals surface area contributed by atoms with Crippen molar-refractivity contribution < 1.29 is 4.79 Å². The number of H-pyrrole nitrogens is 1. The van der Waals surface area contributed by atoms with Crippen LogP contribution in [0.5, 0.6) is 0 Å². The molecule has 3 aromatic rings. The smallest absolute Gasteiger partial charge is 0.235 e. The maximum absolute atomic E-state index is 12.6. The highest BCUT2D eigenvalue weighted by atomic mass is 32.2. The summed E-state index contributed by atoms with van der Waals surface area (Å²) in [4.78, 5) is 18.8. The quantitative estimate of drug-likeness (QED) is 0.689. The summed E-state index contributed by atoms with van der Waals surface area (Å²) in [6, 6.07) is 19.8. The molecule has 6 heteroatoms. The van der Waals surface area contributed by atoms with Crippen LogP contribution in [0.2, 0.25) is 0 Å². The first-order valence-corrected chi connectivity index (χ1v) is 8.95. The van der Waals surface area contributed by atoms with Gasteiger partial charge in [0.25, 0.3) is 0 Å². The van der Waals surface area contributed by atoms with Gasteiger partial charge in [0.15, 0.2) is 5.82 Å². The van der Waals surface area contributed by atoms with E-state index < -0.39 is 0 Å². The second-order valence-electron chi connectivity index (χ2n) is 5.77. The van der Waals surface area contributed by atoms with Gasteiger partial charge in [0, 0.05) is 19.2 Å². The van der Waals surface area contributed by atoms with Crippen LogP contribution < -0.4 is 0 Å². The van der Waals surface area contributed by atoms with Crippen LogP contribution in [-0.4, -0.2) is 38.3 Å². The number of carbonyl (C=O) groups excluding carboxylic acids is 1. The lowest BCUT2D eigenvalue weighted by molar-refractivity contribution is -0.129. The number of aromatic nitrogens is 3. The van der Waals surface area contributed by atoms with Crippen molar-refractivity contribution >= 4 is 17.7 Å². The van der Waals surface area contributed by atoms with Crippen molar-refractivity contribution in [1.29, 1.82) is 0 Å². The Bertz CT molecular complexity index is 820. The fourth-order valence-corrected chi connectivity index (χ4v) is 3.32. The largest absolute Gasteiger partial charge is 0.340 e. The van der Waals surface area contributed by atoms with Crippen molar-refractivity contribution in [3.05, 3.63) is 66.2 Å². The average molecular weight is 352 g/mol. The van der Waals surface area contributed by atoms with Crippen molar-refractivity contribution in [2.45, 2.75) is 23.9 Å². The molecule has 1 heterocycles. The number of hydrogen-bond acceptors (Lipinski definition) is 4. The van der Waals surface area contributed by atoms with Gasteiger partial charge in [-0.3, -0.25) is 9.89 Å². The molecular weight excluding hydrogens is 332 g/mol. The van der Waals surface area contributed by atoms with Gasteiger partial charge in [-0.1, -0.05) is 72.4 Å². The zero-order chi connectivity index (χ0) is 17.6. The number of rotatable bonds is 6. The zero-order valence-corrected chi connectivity index (χ0v) is 15.0. The predicted molar refractivity (Wildman–Crippen MR) is 100 cm³/mol. The first kappa shape index (κ1) is 17.2. The molecule has 0 aliphatic heterocycles. The summed E-state index contributed by atoms with van der Waals surface area (Å²) in [5, 5.41) is 7.46. The number of carbonyl (C=O) groups is 1. The highest BCUT2D eigenvalue weighted by molar-refractivity contribution is 8.00. The Hall–Kier alpha value is -2.60. The van der Waals surface area contributed by atoms with Crippen LogP contribution in [0.1, 0.15) is 12.5 Å². The molecule has 5 nitrogen and oxygen atoms in total. The van der Waals surface area contributed by atoms with Gasteiger partial charge < -0.3 is 4.90 Å². The molecule has 0 bridgehead atoms. The van der Waals surface area contributed by atoms with E-state index in [1.54, 1.807) is 4.90 Å². The van der Waals surface area contributed by atoms with Gasteiger partial charge in [0.1, 0.15) is 0 Å². The van der Waals surface area contributed by atoms with Gasteiger partial charge in [-0.2, -0.15) is 0 Å². The Balaban J connectivity index is 1.61. The summed E-state index contributed by atoms with van der Waals surface area (Å²) < 4.78 is 0. The van der Waals surface area contributed by atoms with Crippen LogP contribution in [0.3, 0.4) is 0 Å². The fourth-order valence-electron chi connectivity index (χ4n) is 2.48. The Morgan fingerprint density at radius 3 is 2.44 bits per heavy atom. The van der Waals surface area contributed by atoms with E-state index in [-0.39, 0.29) is 11.2 Å². The van der Waals surface area contributed by atoms with E-state index in [1.165, 1.54) is 11.8 Å². The Morgan fingerprint density at radius 2 is 1.76 bits per heavy atom. The van der Waals surface area contributed by atoms with Crippen LogP contribution in [0, 0.1) is 0 Å². The molecule has 1 amide bonds. The fraction of sp³-hybridized carbons (Fsp3) is 0.211. The van der Waals surface area contributed by atoms with E-state index >= 15 is 0 Å². The number of thioether (sulfide) groups is 1. The monoisotopic (exact) mass is 352 g/mol. The Kier molecular flexibility index (Phi) is 5.50. The lowest BCUT2D eigenvalue weighted by Crippen LogP contribution is -2.32. The maximum Gasteiger partial charge on any atom is 0.235 e. The molecule has 0 saturated heterocycles. The first-order chi connectivity index (χ1) is 12.1. The second kappa shape index (κ2) is 7.98. The molecule has 25 heavy (non-hydrogen) atoms. The number of amides is 1. The molecule has 1 aromatic heterocycles. The van der Waals surface area contributed by atoms with Gasteiger partial charge in [0.2, 0.25) is 11.1 Å². The van der Waals surface area contributed by atoms with Crippen LogP contribution in [0.4, 0.5) is 0 Å². The summed E-state index contributed by atoms with van der Waals surface area (Å²) in [7, 11) is 1.82. The third kappa shape index (κ3) is 4.48. The molecule has 2 aromatic carbocycles. The molecule has 0 aliphatic carbocycles. The topological polar surface area (TPSA) is 61.9 Å². The SMILES string of the molecule is C[C@H](Sc1n[nH]c(-c2ccccc2)n1)C(=O)N(C)Cc1ccccc1. The third-order valence-corrected chi connectivity index (χ3v) is 4.73. The molecule has 3 rings (SSSR count). The molecule has 128 valence electrons. The standard InChI is InChI=1S/C19H20N4OS/c1-14(18(24)23(2)13-15-9-5-3-6-10-15)25-19-20-17(21-22-19)16-11-7-4-8-12-16/h3-12,14H,13H2,1-2H3,(H,20,21,22)/t14-/m0/s1. The van der Waals surface area contributed by atoms with Crippen molar-refractivity contribution in [3.63, 3.8) is 0 Å². The van der Waals surface area contributed by atoms with Crippen LogP contribution in [0.15, 0.2) is 65.8 Å². The van der Waals surface area contributed by atoms with Crippen molar-refractivity contribution in [2.24, 2.45) is 0 Å². The molecule has 0 radical (unpaired) electrons. The van der Waals surface area contributed by atoms with E-state index in [4.69, 9.17) is 0 Å². The summed E-state index contributed by atoms with van der Waals surface area (Å²) in [5.74, 6) is 0.764. The van der Waals surface area contributed by atoms with E-state index in [2.05, 4.69) is 15.2 Å². The van der Waals surface area contributed by atoms with Gasteiger partial charge in [-0.15, -0.1) is 5.10 Å². The number of aromatic amines is 1. The summed E-state index contributed by atoms with van der Waals surface area (Å²) in [6.45, 7) is 2.47. The van der Waals surface area contributed by atoms with E-state index in [0.29, 0.717) is 17.5 Å². The second-order valence-corrected chi connectivity index (χ2v) is 7.08. The molecule has 1 N–H and O–H groups in total. The molecule has 0 saturated carbocycles. The average Bonchev–Trinajstić information content (AvgIpc) is 3.11. The lowest BCUT2D eigenvalue weighted by atomic mass is 10.2. The third-order valence-electron chi connectivity index (χ3n) is 3.78. The summed E-state index contributed by atoms with van der Waals surface area (Å²) >= 11 is 1.36. The van der Waals surface area contributed by atoms with Gasteiger partial charge >= 0.3 is 0 Å². The number of nitrogens with zero attached hydrogens (tertiary/aromatic N) is 3. The van der Waals surface area contributed by atoms with Crippen LogP contribution in [0.25, 0.3) is 11.4 Å². The van der Waals surface area contributed by atoms with Gasteiger partial charge in [-0.05, 0) is 12.5 Å². The zero-order valence-electron chi connectivity index (χ0n) is 14.2. The minimum absolute atomic E-state index is 0.0555. The normalized spacial score (nSPS) is 11.9. The predicted octanol–water partition coefficient (Wildman–Crippen LogP) is 3.61.